The summed E-state index contributed by atoms with van der Waals surface area (Å²) in [5.74, 6) is 0. The van der Waals surface area contributed by atoms with Crippen molar-refractivity contribution in [3.05, 3.63) is 120 Å². The van der Waals surface area contributed by atoms with Gasteiger partial charge in [-0.2, -0.15) is 0 Å². The lowest BCUT2D eigenvalue weighted by Crippen LogP contribution is -2.36. The topological polar surface area (TPSA) is 35.5 Å². The van der Waals surface area contributed by atoms with Crippen LogP contribution >= 0.6 is 0 Å². The van der Waals surface area contributed by atoms with Gasteiger partial charge in [-0.1, -0.05) is 97.1 Å². The van der Waals surface area contributed by atoms with Gasteiger partial charge in [0.2, 0.25) is 0 Å². The fraction of sp³-hybridized carbons (Fsp3) is 0.222. The molecule has 3 aromatic carbocycles. The Morgan fingerprint density at radius 1 is 0.800 bits per heavy atom. The van der Waals surface area contributed by atoms with E-state index in [1.807, 2.05) is 54.6 Å². The van der Waals surface area contributed by atoms with Gasteiger partial charge < -0.3 is 14.3 Å². The van der Waals surface area contributed by atoms with Crippen LogP contribution in [0.4, 0.5) is 0 Å². The minimum Gasteiger partial charge on any atom is -0.372 e. The molecule has 0 aromatic heterocycles. The monoisotopic (exact) mass is 400 g/mol. The molecule has 0 aliphatic heterocycles. The van der Waals surface area contributed by atoms with Crippen LogP contribution in [-0.2, 0) is 19.9 Å². The number of hydrogen-bond donors (Lipinski definition) is 0. The van der Waals surface area contributed by atoms with E-state index in [-0.39, 0.29) is 6.10 Å². The van der Waals surface area contributed by atoms with Gasteiger partial charge in [0.1, 0.15) is 11.9 Å². The number of hydrogen-bond acceptors (Lipinski definition) is 3. The molecule has 0 N–H and O–H groups in total. The lowest BCUT2D eigenvalue weighted by Gasteiger charge is -2.37. The Morgan fingerprint density at radius 2 is 1.27 bits per heavy atom. The molecule has 0 heterocycles. The van der Waals surface area contributed by atoms with Crippen LogP contribution in [0.1, 0.15) is 29.5 Å². The first-order valence-corrected chi connectivity index (χ1v) is 10.3. The number of benzene rings is 3. The van der Waals surface area contributed by atoms with E-state index in [9.17, 15) is 4.79 Å². The first kappa shape index (κ1) is 21.7. The van der Waals surface area contributed by atoms with Crippen LogP contribution in [0.15, 0.2) is 104 Å². The SMILES string of the molecule is C=CCOC(CCC=O)COC(c1ccccc1)(c1ccccc1)c1ccccc1. The molecule has 1 unspecified atom stereocenters. The van der Waals surface area contributed by atoms with Crippen molar-refractivity contribution in [3.63, 3.8) is 0 Å². The highest BCUT2D eigenvalue weighted by Crippen LogP contribution is 2.40. The summed E-state index contributed by atoms with van der Waals surface area (Å²) in [7, 11) is 0. The Bertz CT molecular complexity index is 783. The van der Waals surface area contributed by atoms with Gasteiger partial charge in [-0.05, 0) is 23.1 Å². The van der Waals surface area contributed by atoms with E-state index >= 15 is 0 Å². The number of carbonyl (C=O) groups excluding carboxylic acids is 1. The summed E-state index contributed by atoms with van der Waals surface area (Å²) in [4.78, 5) is 10.9. The van der Waals surface area contributed by atoms with E-state index in [4.69, 9.17) is 9.47 Å². The zero-order valence-electron chi connectivity index (χ0n) is 17.2. The smallest absolute Gasteiger partial charge is 0.143 e. The van der Waals surface area contributed by atoms with Gasteiger partial charge in [0, 0.05) is 6.42 Å². The number of ether oxygens (including phenoxy) is 2. The largest absolute Gasteiger partial charge is 0.372 e. The molecule has 0 aliphatic rings. The molecule has 30 heavy (non-hydrogen) atoms. The zero-order valence-corrected chi connectivity index (χ0v) is 17.2. The molecule has 3 heteroatoms. The zero-order chi connectivity index (χ0) is 21.1. The van der Waals surface area contributed by atoms with Crippen molar-refractivity contribution in [2.75, 3.05) is 13.2 Å². The summed E-state index contributed by atoms with van der Waals surface area (Å²) >= 11 is 0. The van der Waals surface area contributed by atoms with Gasteiger partial charge in [0.05, 0.1) is 19.3 Å². The Hall–Kier alpha value is -3.01. The van der Waals surface area contributed by atoms with Crippen molar-refractivity contribution in [2.24, 2.45) is 0 Å². The standard InChI is InChI=1S/C27H28O3/c1-2-21-29-26(19-12-20-28)22-30-27(23-13-6-3-7-14-23,24-15-8-4-9-16-24)25-17-10-5-11-18-25/h2-11,13-18,20,26H,1,12,19,21-22H2. The van der Waals surface area contributed by atoms with Crippen molar-refractivity contribution < 1.29 is 14.3 Å². The van der Waals surface area contributed by atoms with Crippen LogP contribution in [0.2, 0.25) is 0 Å². The summed E-state index contributed by atoms with van der Waals surface area (Å²) in [6.07, 6.45) is 3.46. The van der Waals surface area contributed by atoms with Crippen molar-refractivity contribution in [1.82, 2.24) is 0 Å². The maximum absolute atomic E-state index is 10.9. The van der Waals surface area contributed by atoms with Crippen LogP contribution in [0.3, 0.4) is 0 Å². The first-order chi connectivity index (χ1) is 14.8. The van der Waals surface area contributed by atoms with E-state index in [2.05, 4.69) is 43.0 Å². The number of carbonyl (C=O) groups is 1. The van der Waals surface area contributed by atoms with Gasteiger partial charge in [-0.15, -0.1) is 6.58 Å². The molecule has 3 aromatic rings. The summed E-state index contributed by atoms with van der Waals surface area (Å²) in [5, 5.41) is 0. The molecule has 3 rings (SSSR count). The maximum Gasteiger partial charge on any atom is 0.143 e. The van der Waals surface area contributed by atoms with E-state index < -0.39 is 5.60 Å². The van der Waals surface area contributed by atoms with E-state index in [0.29, 0.717) is 26.1 Å². The highest BCUT2D eigenvalue weighted by atomic mass is 16.5. The quantitative estimate of drug-likeness (QED) is 0.227. The molecule has 0 aliphatic carbocycles. The lowest BCUT2D eigenvalue weighted by molar-refractivity contribution is -0.109. The fourth-order valence-electron chi connectivity index (χ4n) is 3.66. The van der Waals surface area contributed by atoms with Crippen molar-refractivity contribution in [2.45, 2.75) is 24.5 Å². The van der Waals surface area contributed by atoms with Gasteiger partial charge in [-0.3, -0.25) is 0 Å². The number of aldehydes is 1. The summed E-state index contributed by atoms with van der Waals surface area (Å²) < 4.78 is 12.7. The minimum absolute atomic E-state index is 0.205. The molecule has 0 radical (unpaired) electrons. The second-order valence-electron chi connectivity index (χ2n) is 7.08. The highest BCUT2D eigenvalue weighted by Gasteiger charge is 2.38. The molecule has 1 atom stereocenters. The predicted molar refractivity (Wildman–Crippen MR) is 120 cm³/mol. The molecule has 0 saturated heterocycles. The molecule has 0 saturated carbocycles. The highest BCUT2D eigenvalue weighted by molar-refractivity contribution is 5.49. The normalized spacial score (nSPS) is 12.3. The third-order valence-electron chi connectivity index (χ3n) is 5.08. The summed E-state index contributed by atoms with van der Waals surface area (Å²) in [6.45, 7) is 4.50. The van der Waals surface area contributed by atoms with Crippen LogP contribution in [0.5, 0.6) is 0 Å². The number of rotatable bonds is 12. The van der Waals surface area contributed by atoms with Crippen molar-refractivity contribution in [3.8, 4) is 0 Å². The molecule has 3 nitrogen and oxygen atoms in total. The Balaban J connectivity index is 2.06. The van der Waals surface area contributed by atoms with E-state index in [0.717, 1.165) is 23.0 Å². The lowest BCUT2D eigenvalue weighted by atomic mass is 9.80. The Morgan fingerprint density at radius 3 is 1.67 bits per heavy atom. The fourth-order valence-corrected chi connectivity index (χ4v) is 3.66. The average Bonchev–Trinajstić information content (AvgIpc) is 2.82. The van der Waals surface area contributed by atoms with E-state index in [1.165, 1.54) is 0 Å². The molecule has 0 spiro atoms. The molecule has 0 bridgehead atoms. The van der Waals surface area contributed by atoms with Crippen molar-refractivity contribution in [1.29, 1.82) is 0 Å². The third kappa shape index (κ3) is 5.12. The Labute approximate surface area is 179 Å². The van der Waals surface area contributed by atoms with E-state index in [1.54, 1.807) is 6.08 Å². The van der Waals surface area contributed by atoms with Crippen molar-refractivity contribution >= 4 is 6.29 Å². The van der Waals surface area contributed by atoms with Crippen LogP contribution in [0.25, 0.3) is 0 Å². The van der Waals surface area contributed by atoms with Gasteiger partial charge >= 0.3 is 0 Å². The molecular formula is C27H28O3. The van der Waals surface area contributed by atoms with Crippen LogP contribution in [0, 0.1) is 0 Å². The molecule has 0 fully saturated rings. The minimum atomic E-state index is -0.791. The predicted octanol–water partition coefficient (Wildman–Crippen LogP) is 5.55. The first-order valence-electron chi connectivity index (χ1n) is 10.3. The average molecular weight is 401 g/mol. The van der Waals surface area contributed by atoms with Gasteiger partial charge in [0.15, 0.2) is 0 Å². The second kappa shape index (κ2) is 11.2. The summed E-state index contributed by atoms with van der Waals surface area (Å²) in [6, 6.07) is 30.7. The maximum atomic E-state index is 10.9. The second-order valence-corrected chi connectivity index (χ2v) is 7.08. The summed E-state index contributed by atoms with van der Waals surface area (Å²) in [5.41, 5.74) is 2.33. The molecule has 0 amide bonds. The Kier molecular flexibility index (Phi) is 8.13. The molecular weight excluding hydrogens is 372 g/mol. The third-order valence-corrected chi connectivity index (χ3v) is 5.08. The molecule has 154 valence electrons. The van der Waals surface area contributed by atoms with Crippen LogP contribution < -0.4 is 0 Å². The van der Waals surface area contributed by atoms with Crippen LogP contribution in [-0.4, -0.2) is 25.6 Å². The van der Waals surface area contributed by atoms with Gasteiger partial charge in [0.25, 0.3) is 0 Å². The van der Waals surface area contributed by atoms with Gasteiger partial charge in [-0.25, -0.2) is 0 Å².